The Bertz CT molecular complexity index is 1160. The fourth-order valence-corrected chi connectivity index (χ4v) is 3.82. The zero-order valence-electron chi connectivity index (χ0n) is 16.0. The number of carbonyl (C=O) groups is 1. The molecule has 0 saturated carbocycles. The van der Waals surface area contributed by atoms with Crippen molar-refractivity contribution in [2.75, 3.05) is 11.9 Å². The fraction of sp³-hybridized carbons (Fsp3) is 0.227. The highest BCUT2D eigenvalue weighted by Gasteiger charge is 2.37. The van der Waals surface area contributed by atoms with Gasteiger partial charge in [-0.2, -0.15) is 0 Å². The number of nitrogens with zero attached hydrogens (tertiary/aromatic N) is 3. The molecule has 146 valence electrons. The van der Waals surface area contributed by atoms with Crippen LogP contribution >= 0.6 is 0 Å². The first-order valence-corrected chi connectivity index (χ1v) is 9.64. The molecule has 2 N–H and O–H groups in total. The third kappa shape index (κ3) is 3.30. The van der Waals surface area contributed by atoms with E-state index < -0.39 is 0 Å². The Labute approximate surface area is 167 Å². The van der Waals surface area contributed by atoms with Gasteiger partial charge in [-0.05, 0) is 24.6 Å². The van der Waals surface area contributed by atoms with Crippen LogP contribution in [-0.4, -0.2) is 32.0 Å². The van der Waals surface area contributed by atoms with E-state index in [1.807, 2.05) is 66.3 Å². The third-order valence-corrected chi connectivity index (χ3v) is 5.34. The Balaban J connectivity index is 1.37. The van der Waals surface area contributed by atoms with E-state index in [1.165, 1.54) is 0 Å². The number of ether oxygens (including phenoxy) is 1. The summed E-state index contributed by atoms with van der Waals surface area (Å²) in [6, 6.07) is 15.7. The van der Waals surface area contributed by atoms with E-state index in [-0.39, 0.29) is 17.9 Å². The maximum Gasteiger partial charge on any atom is 0.230 e. The number of aryl methyl sites for hydroxylation is 1. The number of aromatic nitrogens is 4. The van der Waals surface area contributed by atoms with Gasteiger partial charge in [-0.25, -0.2) is 9.97 Å². The standard InChI is InChI=1S/C22H21N5O2/c1-27-11-10-23-21(27)19-16(9-12-29-19)22(28)24-15-7-8-17-18(13-15)26-20(25-17)14-5-3-2-4-6-14/h2-8,10-11,13,16,19H,9,12H2,1H3,(H,24,28)(H,25,26)/t16-,19-/m1/s1. The van der Waals surface area contributed by atoms with E-state index in [9.17, 15) is 4.79 Å². The number of benzene rings is 2. The van der Waals surface area contributed by atoms with Gasteiger partial charge in [0.1, 0.15) is 17.8 Å². The smallest absolute Gasteiger partial charge is 0.230 e. The van der Waals surface area contributed by atoms with Crippen LogP contribution in [0.25, 0.3) is 22.4 Å². The van der Waals surface area contributed by atoms with Gasteiger partial charge in [0, 0.05) is 37.3 Å². The zero-order chi connectivity index (χ0) is 19.8. The average Bonchev–Trinajstić information content (AvgIpc) is 3.47. The summed E-state index contributed by atoms with van der Waals surface area (Å²) in [7, 11) is 1.91. The Morgan fingerprint density at radius 3 is 2.90 bits per heavy atom. The number of anilines is 1. The lowest BCUT2D eigenvalue weighted by molar-refractivity contribution is -0.121. The molecule has 0 bridgehead atoms. The highest BCUT2D eigenvalue weighted by Crippen LogP contribution is 2.34. The number of H-pyrrole nitrogens is 1. The molecule has 0 unspecified atom stereocenters. The van der Waals surface area contributed by atoms with Gasteiger partial charge < -0.3 is 19.6 Å². The maximum atomic E-state index is 12.9. The lowest BCUT2D eigenvalue weighted by Crippen LogP contribution is -2.26. The molecule has 1 saturated heterocycles. The minimum atomic E-state index is -0.324. The van der Waals surface area contributed by atoms with Crippen molar-refractivity contribution in [2.24, 2.45) is 13.0 Å². The molecule has 4 aromatic rings. The number of nitrogens with one attached hydrogen (secondary N) is 2. The minimum Gasteiger partial charge on any atom is -0.369 e. The monoisotopic (exact) mass is 387 g/mol. The molecule has 0 aliphatic carbocycles. The molecule has 2 aromatic carbocycles. The van der Waals surface area contributed by atoms with Gasteiger partial charge >= 0.3 is 0 Å². The first kappa shape index (κ1) is 17.6. The summed E-state index contributed by atoms with van der Waals surface area (Å²) in [5.74, 6) is 1.26. The second-order valence-corrected chi connectivity index (χ2v) is 7.26. The lowest BCUT2D eigenvalue weighted by Gasteiger charge is -2.18. The van der Waals surface area contributed by atoms with Crippen molar-refractivity contribution >= 4 is 22.6 Å². The van der Waals surface area contributed by atoms with Gasteiger partial charge in [0.15, 0.2) is 0 Å². The van der Waals surface area contributed by atoms with Gasteiger partial charge in [0.2, 0.25) is 5.91 Å². The van der Waals surface area contributed by atoms with Gasteiger partial charge in [-0.1, -0.05) is 30.3 Å². The topological polar surface area (TPSA) is 84.8 Å². The maximum absolute atomic E-state index is 12.9. The molecule has 0 radical (unpaired) electrons. The van der Waals surface area contributed by atoms with E-state index in [0.29, 0.717) is 13.0 Å². The molecule has 5 rings (SSSR count). The molecular weight excluding hydrogens is 366 g/mol. The number of carbonyl (C=O) groups excluding carboxylic acids is 1. The van der Waals surface area contributed by atoms with Crippen LogP contribution in [0.15, 0.2) is 60.9 Å². The summed E-state index contributed by atoms with van der Waals surface area (Å²) in [5, 5.41) is 3.03. The summed E-state index contributed by atoms with van der Waals surface area (Å²) in [4.78, 5) is 25.3. The SMILES string of the molecule is Cn1ccnc1[C@@H]1OCC[C@H]1C(=O)Nc1ccc2nc(-c3ccccc3)[nH]c2c1. The van der Waals surface area contributed by atoms with Crippen LogP contribution in [0.5, 0.6) is 0 Å². The average molecular weight is 387 g/mol. The van der Waals surface area contributed by atoms with E-state index in [2.05, 4.69) is 20.3 Å². The zero-order valence-corrected chi connectivity index (χ0v) is 16.0. The number of hydrogen-bond acceptors (Lipinski definition) is 4. The Morgan fingerprint density at radius 1 is 1.24 bits per heavy atom. The molecule has 2 aromatic heterocycles. The Hall–Kier alpha value is -3.45. The number of amides is 1. The molecule has 7 nitrogen and oxygen atoms in total. The van der Waals surface area contributed by atoms with Gasteiger partial charge in [0.25, 0.3) is 0 Å². The van der Waals surface area contributed by atoms with Crippen molar-refractivity contribution < 1.29 is 9.53 Å². The Kier molecular flexibility index (Phi) is 4.37. The first-order valence-electron chi connectivity index (χ1n) is 9.64. The van der Waals surface area contributed by atoms with Crippen molar-refractivity contribution in [3.63, 3.8) is 0 Å². The molecule has 29 heavy (non-hydrogen) atoms. The molecule has 3 heterocycles. The molecular formula is C22H21N5O2. The first-order chi connectivity index (χ1) is 14.2. The summed E-state index contributed by atoms with van der Waals surface area (Å²) in [6.07, 6.45) is 3.94. The van der Waals surface area contributed by atoms with Crippen LogP contribution in [0.3, 0.4) is 0 Å². The van der Waals surface area contributed by atoms with E-state index in [1.54, 1.807) is 6.20 Å². The number of hydrogen-bond donors (Lipinski definition) is 2. The largest absolute Gasteiger partial charge is 0.369 e. The molecule has 1 amide bonds. The van der Waals surface area contributed by atoms with Crippen molar-refractivity contribution in [3.8, 4) is 11.4 Å². The molecule has 1 fully saturated rings. The van der Waals surface area contributed by atoms with Crippen molar-refractivity contribution in [2.45, 2.75) is 12.5 Å². The van der Waals surface area contributed by atoms with Crippen molar-refractivity contribution in [1.29, 1.82) is 0 Å². The van der Waals surface area contributed by atoms with Crippen LogP contribution in [0.4, 0.5) is 5.69 Å². The number of aromatic amines is 1. The minimum absolute atomic E-state index is 0.0577. The van der Waals surface area contributed by atoms with Gasteiger partial charge in [-0.3, -0.25) is 4.79 Å². The predicted molar refractivity (Wildman–Crippen MR) is 110 cm³/mol. The molecule has 0 spiro atoms. The highest BCUT2D eigenvalue weighted by atomic mass is 16.5. The van der Waals surface area contributed by atoms with Crippen LogP contribution in [-0.2, 0) is 16.6 Å². The Morgan fingerprint density at radius 2 is 2.10 bits per heavy atom. The van der Waals surface area contributed by atoms with Crippen LogP contribution in [0, 0.1) is 5.92 Å². The van der Waals surface area contributed by atoms with Crippen LogP contribution in [0.2, 0.25) is 0 Å². The van der Waals surface area contributed by atoms with Gasteiger partial charge in [0.05, 0.1) is 17.0 Å². The second kappa shape index (κ2) is 7.18. The lowest BCUT2D eigenvalue weighted by atomic mass is 9.99. The fourth-order valence-electron chi connectivity index (χ4n) is 3.82. The summed E-state index contributed by atoms with van der Waals surface area (Å²) in [6.45, 7) is 0.551. The van der Waals surface area contributed by atoms with Crippen molar-refractivity contribution in [3.05, 3.63) is 66.7 Å². The van der Waals surface area contributed by atoms with Crippen molar-refractivity contribution in [1.82, 2.24) is 19.5 Å². The number of imidazole rings is 2. The second-order valence-electron chi connectivity index (χ2n) is 7.26. The van der Waals surface area contributed by atoms with E-state index >= 15 is 0 Å². The third-order valence-electron chi connectivity index (χ3n) is 5.34. The quantitative estimate of drug-likeness (QED) is 0.559. The summed E-state index contributed by atoms with van der Waals surface area (Å²) in [5.41, 5.74) is 3.49. The van der Waals surface area contributed by atoms with Crippen LogP contribution < -0.4 is 5.32 Å². The summed E-state index contributed by atoms with van der Waals surface area (Å²) < 4.78 is 7.71. The van der Waals surface area contributed by atoms with E-state index in [0.717, 1.165) is 33.9 Å². The predicted octanol–water partition coefficient (Wildman–Crippen LogP) is 3.68. The molecule has 1 aliphatic rings. The molecule has 1 aliphatic heterocycles. The number of fused-ring (bicyclic) bond motifs is 1. The number of rotatable bonds is 4. The van der Waals surface area contributed by atoms with Gasteiger partial charge in [-0.15, -0.1) is 0 Å². The molecule has 2 atom stereocenters. The summed E-state index contributed by atoms with van der Waals surface area (Å²) >= 11 is 0. The van der Waals surface area contributed by atoms with Crippen LogP contribution in [0.1, 0.15) is 18.3 Å². The highest BCUT2D eigenvalue weighted by molar-refractivity contribution is 5.95. The van der Waals surface area contributed by atoms with E-state index in [4.69, 9.17) is 4.74 Å². The normalized spacial score (nSPS) is 18.9. The molecule has 7 heteroatoms.